The Kier molecular flexibility index (Phi) is 3.60. The molecule has 0 aliphatic heterocycles. The van der Waals surface area contributed by atoms with E-state index in [0.29, 0.717) is 12.0 Å². The lowest BCUT2D eigenvalue weighted by Gasteiger charge is -2.29. The van der Waals surface area contributed by atoms with E-state index in [1.807, 2.05) is 30.7 Å². The third-order valence-electron chi connectivity index (χ3n) is 4.87. The predicted octanol–water partition coefficient (Wildman–Crippen LogP) is 3.58. The summed E-state index contributed by atoms with van der Waals surface area (Å²) >= 11 is 0. The molecule has 2 fully saturated rings. The first-order chi connectivity index (χ1) is 11.2. The molecule has 118 valence electrons. The summed E-state index contributed by atoms with van der Waals surface area (Å²) in [5, 5.41) is 1.09. The van der Waals surface area contributed by atoms with Crippen molar-refractivity contribution in [2.75, 3.05) is 0 Å². The highest BCUT2D eigenvalue weighted by molar-refractivity contribution is 6.14. The highest BCUT2D eigenvalue weighted by Gasteiger charge is 2.28. The topological polar surface area (TPSA) is 64.2 Å². The Morgan fingerprint density at radius 1 is 1.22 bits per heavy atom. The number of nitrogens with zero attached hydrogens (tertiary/aromatic N) is 3. The molecule has 2 aromatic rings. The van der Waals surface area contributed by atoms with Crippen LogP contribution in [0.1, 0.15) is 38.3 Å². The van der Waals surface area contributed by atoms with Gasteiger partial charge in [-0.25, -0.2) is 0 Å². The van der Waals surface area contributed by atoms with Gasteiger partial charge in [-0.2, -0.15) is 0 Å². The molecular formula is C19H22N4. The van der Waals surface area contributed by atoms with Crippen LogP contribution in [0.2, 0.25) is 0 Å². The molecule has 0 spiro atoms. The second-order valence-electron chi connectivity index (χ2n) is 6.89. The second kappa shape index (κ2) is 5.76. The number of aromatic nitrogens is 2. The maximum atomic E-state index is 6.44. The summed E-state index contributed by atoms with van der Waals surface area (Å²) in [5.41, 5.74) is 10.1. The molecule has 2 heterocycles. The number of nitrogens with two attached hydrogens (primary N) is 1. The fraction of sp³-hybridized carbons (Fsp3) is 0.421. The summed E-state index contributed by atoms with van der Waals surface area (Å²) in [4.78, 5) is 13.9. The lowest BCUT2D eigenvalue weighted by atomic mass is 9.82. The molecule has 2 N–H and O–H groups in total. The molecule has 0 unspecified atom stereocenters. The Bertz CT molecular complexity index is 778. The zero-order chi connectivity index (χ0) is 15.8. The summed E-state index contributed by atoms with van der Waals surface area (Å²) < 4.78 is 0. The van der Waals surface area contributed by atoms with Crippen LogP contribution in [0.3, 0.4) is 0 Å². The van der Waals surface area contributed by atoms with E-state index in [1.54, 1.807) is 0 Å². The van der Waals surface area contributed by atoms with Crippen LogP contribution in [-0.4, -0.2) is 22.2 Å². The number of allylic oxidation sites excluding steroid dienone is 2. The molecule has 4 rings (SSSR count). The van der Waals surface area contributed by atoms with Gasteiger partial charge in [-0.15, -0.1) is 0 Å². The molecule has 2 aromatic heterocycles. The number of hydrogen-bond acceptors (Lipinski definition) is 4. The van der Waals surface area contributed by atoms with Crippen LogP contribution in [-0.2, 0) is 0 Å². The second-order valence-corrected chi connectivity index (χ2v) is 6.89. The minimum absolute atomic E-state index is 0.440. The van der Waals surface area contributed by atoms with Gasteiger partial charge in [0.05, 0.1) is 17.3 Å². The van der Waals surface area contributed by atoms with Crippen molar-refractivity contribution < 1.29 is 0 Å². The number of aliphatic imine (C=N–C) groups is 1. The number of rotatable bonds is 4. The first-order valence-electron chi connectivity index (χ1n) is 8.45. The lowest BCUT2D eigenvalue weighted by molar-refractivity contribution is 0.293. The van der Waals surface area contributed by atoms with Crippen molar-refractivity contribution in [2.24, 2.45) is 22.6 Å². The quantitative estimate of drug-likeness (QED) is 0.878. The van der Waals surface area contributed by atoms with Gasteiger partial charge < -0.3 is 5.73 Å². The summed E-state index contributed by atoms with van der Waals surface area (Å²) in [6.45, 7) is 2.28. The molecule has 4 heteroatoms. The molecule has 23 heavy (non-hydrogen) atoms. The molecule has 0 amide bonds. The number of fused-ring (bicyclic) bond motifs is 1. The predicted molar refractivity (Wildman–Crippen MR) is 94.0 cm³/mol. The monoisotopic (exact) mass is 306 g/mol. The van der Waals surface area contributed by atoms with Gasteiger partial charge in [0.2, 0.25) is 0 Å². The zero-order valence-electron chi connectivity index (χ0n) is 13.4. The molecule has 0 saturated heterocycles. The minimum atomic E-state index is 0.440. The van der Waals surface area contributed by atoms with Gasteiger partial charge in [-0.3, -0.25) is 15.0 Å². The zero-order valence-corrected chi connectivity index (χ0v) is 13.4. The fourth-order valence-electron chi connectivity index (χ4n) is 3.25. The van der Waals surface area contributed by atoms with Crippen molar-refractivity contribution >= 4 is 22.7 Å². The molecule has 0 bridgehead atoms. The molecule has 4 nitrogen and oxygen atoms in total. The van der Waals surface area contributed by atoms with Crippen LogP contribution in [0.5, 0.6) is 0 Å². The Hall–Kier alpha value is -2.23. The fourth-order valence-corrected chi connectivity index (χ4v) is 3.25. The van der Waals surface area contributed by atoms with Gasteiger partial charge in [-0.05, 0) is 49.7 Å². The van der Waals surface area contributed by atoms with E-state index in [0.717, 1.165) is 33.8 Å². The Balaban J connectivity index is 1.77. The number of pyridine rings is 2. The van der Waals surface area contributed by atoms with Gasteiger partial charge in [-0.1, -0.05) is 13.0 Å². The van der Waals surface area contributed by atoms with E-state index in [2.05, 4.69) is 23.0 Å². The van der Waals surface area contributed by atoms with Crippen molar-refractivity contribution in [1.29, 1.82) is 0 Å². The van der Waals surface area contributed by atoms with E-state index in [-0.39, 0.29) is 0 Å². The summed E-state index contributed by atoms with van der Waals surface area (Å²) in [6.07, 6.45) is 10.3. The third kappa shape index (κ3) is 2.85. The largest absolute Gasteiger partial charge is 0.401 e. The van der Waals surface area contributed by atoms with Gasteiger partial charge in [0.25, 0.3) is 0 Å². The highest BCUT2D eigenvalue weighted by Crippen LogP contribution is 2.38. The van der Waals surface area contributed by atoms with E-state index in [9.17, 15) is 0 Å². The highest BCUT2D eigenvalue weighted by atomic mass is 14.8. The van der Waals surface area contributed by atoms with E-state index in [1.165, 1.54) is 25.7 Å². The maximum Gasteiger partial charge on any atom is 0.0997 e. The van der Waals surface area contributed by atoms with Gasteiger partial charge >= 0.3 is 0 Å². The molecule has 0 radical (unpaired) electrons. The average Bonchev–Trinajstić information content (AvgIpc) is 3.38. The SMILES string of the molecule is CC1CC(N=CC(=C(N)C2CC2)c2nccc3cccnc23)C1. The Morgan fingerprint density at radius 3 is 2.78 bits per heavy atom. The van der Waals surface area contributed by atoms with E-state index in [4.69, 9.17) is 10.7 Å². The van der Waals surface area contributed by atoms with Crippen molar-refractivity contribution in [3.8, 4) is 0 Å². The summed E-state index contributed by atoms with van der Waals surface area (Å²) in [6, 6.07) is 6.43. The molecule has 0 aromatic carbocycles. The van der Waals surface area contributed by atoms with Crippen LogP contribution in [0.4, 0.5) is 0 Å². The standard InChI is InChI=1S/C19H22N4/c1-12-9-15(10-12)23-11-16(17(20)13-4-5-13)19-18-14(6-8-22-19)3-2-7-21-18/h2-3,6-8,11-13,15H,4-5,9-10,20H2,1H3. The molecule has 2 aliphatic carbocycles. The van der Waals surface area contributed by atoms with Gasteiger partial charge in [0, 0.05) is 35.3 Å². The van der Waals surface area contributed by atoms with Crippen LogP contribution in [0.25, 0.3) is 16.5 Å². The molecule has 0 atom stereocenters. The van der Waals surface area contributed by atoms with Crippen molar-refractivity contribution in [3.05, 3.63) is 42.0 Å². The third-order valence-corrected chi connectivity index (χ3v) is 4.87. The van der Waals surface area contributed by atoms with Gasteiger partial charge in [0.1, 0.15) is 0 Å². The van der Waals surface area contributed by atoms with E-state index < -0.39 is 0 Å². The lowest BCUT2D eigenvalue weighted by Crippen LogP contribution is -2.24. The maximum absolute atomic E-state index is 6.44. The van der Waals surface area contributed by atoms with E-state index >= 15 is 0 Å². The minimum Gasteiger partial charge on any atom is -0.401 e. The summed E-state index contributed by atoms with van der Waals surface area (Å²) in [7, 11) is 0. The first-order valence-corrected chi connectivity index (χ1v) is 8.45. The van der Waals surface area contributed by atoms with Crippen LogP contribution in [0, 0.1) is 11.8 Å². The van der Waals surface area contributed by atoms with Crippen molar-refractivity contribution in [2.45, 2.75) is 38.6 Å². The Labute approximate surface area is 136 Å². The van der Waals surface area contributed by atoms with Crippen LogP contribution < -0.4 is 5.73 Å². The van der Waals surface area contributed by atoms with Crippen molar-refractivity contribution in [1.82, 2.24) is 9.97 Å². The average molecular weight is 306 g/mol. The van der Waals surface area contributed by atoms with Gasteiger partial charge in [0.15, 0.2) is 0 Å². The molecular weight excluding hydrogens is 284 g/mol. The smallest absolute Gasteiger partial charge is 0.0997 e. The first kappa shape index (κ1) is 14.4. The Morgan fingerprint density at radius 2 is 2.04 bits per heavy atom. The molecule has 2 saturated carbocycles. The summed E-state index contributed by atoms with van der Waals surface area (Å²) in [5.74, 6) is 1.28. The van der Waals surface area contributed by atoms with Crippen LogP contribution >= 0.6 is 0 Å². The normalized spacial score (nSPS) is 25.4. The van der Waals surface area contributed by atoms with Crippen molar-refractivity contribution in [3.63, 3.8) is 0 Å². The number of hydrogen-bond donors (Lipinski definition) is 1. The van der Waals surface area contributed by atoms with Crippen LogP contribution in [0.15, 0.2) is 41.3 Å². The molecule has 2 aliphatic rings.